The molecule has 0 saturated carbocycles. The summed E-state index contributed by atoms with van der Waals surface area (Å²) in [5.41, 5.74) is 3.70. The summed E-state index contributed by atoms with van der Waals surface area (Å²) in [6, 6.07) is 14.7. The van der Waals surface area contributed by atoms with Gasteiger partial charge in [0.05, 0.1) is 0 Å². The number of fused-ring (bicyclic) bond motifs is 1. The lowest BCUT2D eigenvalue weighted by molar-refractivity contribution is 0.174. The molecule has 3 rings (SSSR count). The van der Waals surface area contributed by atoms with Crippen molar-refractivity contribution in [3.63, 3.8) is 0 Å². The number of hydrogen-bond acceptors (Lipinski definition) is 4. The van der Waals surface area contributed by atoms with Crippen molar-refractivity contribution < 1.29 is 9.47 Å². The molecule has 0 aliphatic carbocycles. The molecule has 0 spiro atoms. The standard InChI is InChI=1S/C22H30N4O2/c1-4-26(5-2)15-19-8-6-7-17(11-19)13-24-22(23-3)25-14-18-9-10-20-21(12-18)28-16-27-20/h6-12H,4-5,13-16H2,1-3H3,(H2,23,24,25). The maximum absolute atomic E-state index is 5.43. The van der Waals surface area contributed by atoms with Crippen LogP contribution in [0.2, 0.25) is 0 Å². The summed E-state index contributed by atoms with van der Waals surface area (Å²) in [5.74, 6) is 2.37. The number of nitrogens with one attached hydrogen (secondary N) is 2. The van der Waals surface area contributed by atoms with E-state index in [0.717, 1.165) is 49.2 Å². The topological polar surface area (TPSA) is 58.1 Å². The van der Waals surface area contributed by atoms with Gasteiger partial charge in [-0.3, -0.25) is 9.89 Å². The summed E-state index contributed by atoms with van der Waals surface area (Å²) in [5, 5.41) is 6.73. The van der Waals surface area contributed by atoms with Crippen LogP contribution < -0.4 is 20.1 Å². The third-order valence-corrected chi connectivity index (χ3v) is 4.87. The molecule has 2 aromatic carbocycles. The van der Waals surface area contributed by atoms with Gasteiger partial charge in [-0.1, -0.05) is 44.2 Å². The molecule has 0 saturated heterocycles. The Morgan fingerprint density at radius 2 is 1.61 bits per heavy atom. The highest BCUT2D eigenvalue weighted by Crippen LogP contribution is 2.32. The van der Waals surface area contributed by atoms with E-state index in [-0.39, 0.29) is 0 Å². The SMILES string of the molecule is CCN(CC)Cc1cccc(CNC(=NC)NCc2ccc3c(c2)OCO3)c1. The molecule has 6 nitrogen and oxygen atoms in total. The van der Waals surface area contributed by atoms with Crippen LogP contribution in [0.25, 0.3) is 0 Å². The highest BCUT2D eigenvalue weighted by atomic mass is 16.7. The molecule has 0 atom stereocenters. The Balaban J connectivity index is 1.51. The average Bonchev–Trinajstić information content (AvgIpc) is 3.20. The summed E-state index contributed by atoms with van der Waals surface area (Å²) in [6.45, 7) is 9.20. The van der Waals surface area contributed by atoms with E-state index in [1.165, 1.54) is 11.1 Å². The van der Waals surface area contributed by atoms with Gasteiger partial charge in [-0.15, -0.1) is 0 Å². The molecule has 0 amide bonds. The molecule has 0 aromatic heterocycles. The normalized spacial score (nSPS) is 13.1. The number of aliphatic imine (C=N–C) groups is 1. The molecular weight excluding hydrogens is 352 g/mol. The van der Waals surface area contributed by atoms with Gasteiger partial charge in [0.15, 0.2) is 17.5 Å². The van der Waals surface area contributed by atoms with E-state index in [0.29, 0.717) is 13.3 Å². The zero-order chi connectivity index (χ0) is 19.8. The molecule has 0 bridgehead atoms. The Bertz CT molecular complexity index is 803. The van der Waals surface area contributed by atoms with Crippen molar-refractivity contribution >= 4 is 5.96 Å². The van der Waals surface area contributed by atoms with Gasteiger partial charge in [0.2, 0.25) is 6.79 Å². The quantitative estimate of drug-likeness (QED) is 0.543. The van der Waals surface area contributed by atoms with Crippen LogP contribution in [-0.2, 0) is 19.6 Å². The minimum absolute atomic E-state index is 0.294. The molecule has 2 N–H and O–H groups in total. The van der Waals surface area contributed by atoms with E-state index < -0.39 is 0 Å². The molecule has 0 unspecified atom stereocenters. The highest BCUT2D eigenvalue weighted by molar-refractivity contribution is 5.79. The molecule has 2 aromatic rings. The van der Waals surface area contributed by atoms with Crippen molar-refractivity contribution in [2.24, 2.45) is 4.99 Å². The largest absolute Gasteiger partial charge is 0.454 e. The summed E-state index contributed by atoms with van der Waals surface area (Å²) in [4.78, 5) is 6.73. The first kappa shape index (κ1) is 20.0. The molecule has 28 heavy (non-hydrogen) atoms. The number of guanidine groups is 1. The van der Waals surface area contributed by atoms with Crippen LogP contribution in [0, 0.1) is 0 Å². The summed E-state index contributed by atoms with van der Waals surface area (Å²) in [7, 11) is 1.78. The lowest BCUT2D eigenvalue weighted by Gasteiger charge is -2.18. The van der Waals surface area contributed by atoms with Gasteiger partial charge in [0.1, 0.15) is 0 Å². The average molecular weight is 383 g/mol. The van der Waals surface area contributed by atoms with E-state index in [9.17, 15) is 0 Å². The van der Waals surface area contributed by atoms with E-state index >= 15 is 0 Å². The third kappa shape index (κ3) is 5.39. The monoisotopic (exact) mass is 382 g/mol. The van der Waals surface area contributed by atoms with Crippen LogP contribution in [0.1, 0.15) is 30.5 Å². The second-order valence-electron chi connectivity index (χ2n) is 6.75. The van der Waals surface area contributed by atoms with Crippen molar-refractivity contribution in [3.05, 3.63) is 59.2 Å². The number of ether oxygens (including phenoxy) is 2. The Morgan fingerprint density at radius 1 is 0.929 bits per heavy atom. The second-order valence-corrected chi connectivity index (χ2v) is 6.75. The first-order valence-corrected chi connectivity index (χ1v) is 9.85. The van der Waals surface area contributed by atoms with Crippen molar-refractivity contribution in [1.29, 1.82) is 0 Å². The maximum atomic E-state index is 5.43. The van der Waals surface area contributed by atoms with Gasteiger partial charge < -0.3 is 20.1 Å². The fraction of sp³-hybridized carbons (Fsp3) is 0.409. The summed E-state index contributed by atoms with van der Waals surface area (Å²) in [6.07, 6.45) is 0. The number of rotatable bonds is 8. The summed E-state index contributed by atoms with van der Waals surface area (Å²) >= 11 is 0. The van der Waals surface area contributed by atoms with Crippen molar-refractivity contribution in [3.8, 4) is 11.5 Å². The van der Waals surface area contributed by atoms with Crippen molar-refractivity contribution in [2.75, 3.05) is 26.9 Å². The third-order valence-electron chi connectivity index (χ3n) is 4.87. The van der Waals surface area contributed by atoms with Crippen LogP contribution >= 0.6 is 0 Å². The van der Waals surface area contributed by atoms with Crippen LogP contribution in [0.5, 0.6) is 11.5 Å². The smallest absolute Gasteiger partial charge is 0.231 e. The molecule has 1 aliphatic heterocycles. The first-order chi connectivity index (χ1) is 13.7. The minimum Gasteiger partial charge on any atom is -0.454 e. The number of nitrogens with zero attached hydrogens (tertiary/aromatic N) is 2. The second kappa shape index (κ2) is 9.99. The molecule has 0 fully saturated rings. The lowest BCUT2D eigenvalue weighted by Crippen LogP contribution is -2.36. The van der Waals surface area contributed by atoms with Crippen LogP contribution in [0.3, 0.4) is 0 Å². The predicted molar refractivity (Wildman–Crippen MR) is 113 cm³/mol. The van der Waals surface area contributed by atoms with Crippen molar-refractivity contribution in [1.82, 2.24) is 15.5 Å². The highest BCUT2D eigenvalue weighted by Gasteiger charge is 2.13. The Kier molecular flexibility index (Phi) is 7.14. The Labute approximate surface area is 167 Å². The molecule has 1 heterocycles. The molecular formula is C22H30N4O2. The molecule has 1 aliphatic rings. The van der Waals surface area contributed by atoms with Crippen LogP contribution in [0.4, 0.5) is 0 Å². The number of benzene rings is 2. The van der Waals surface area contributed by atoms with Crippen LogP contribution in [0.15, 0.2) is 47.5 Å². The first-order valence-electron chi connectivity index (χ1n) is 9.85. The van der Waals surface area contributed by atoms with E-state index in [4.69, 9.17) is 9.47 Å². The lowest BCUT2D eigenvalue weighted by atomic mass is 10.1. The minimum atomic E-state index is 0.294. The Hall–Kier alpha value is -2.73. The predicted octanol–water partition coefficient (Wildman–Crippen LogP) is 3.12. The fourth-order valence-corrected chi connectivity index (χ4v) is 3.19. The van der Waals surface area contributed by atoms with Gasteiger partial charge in [-0.25, -0.2) is 0 Å². The van der Waals surface area contributed by atoms with E-state index in [1.807, 2.05) is 18.2 Å². The van der Waals surface area contributed by atoms with Gasteiger partial charge in [-0.05, 0) is 41.9 Å². The van der Waals surface area contributed by atoms with Crippen LogP contribution in [-0.4, -0.2) is 37.8 Å². The van der Waals surface area contributed by atoms with Gasteiger partial charge in [0.25, 0.3) is 0 Å². The van der Waals surface area contributed by atoms with E-state index in [1.54, 1.807) is 7.05 Å². The van der Waals surface area contributed by atoms with Gasteiger partial charge in [0, 0.05) is 26.7 Å². The fourth-order valence-electron chi connectivity index (χ4n) is 3.19. The molecule has 0 radical (unpaired) electrons. The zero-order valence-electron chi connectivity index (χ0n) is 17.0. The zero-order valence-corrected chi connectivity index (χ0v) is 17.0. The van der Waals surface area contributed by atoms with E-state index in [2.05, 4.69) is 58.6 Å². The van der Waals surface area contributed by atoms with Gasteiger partial charge in [-0.2, -0.15) is 0 Å². The summed E-state index contributed by atoms with van der Waals surface area (Å²) < 4.78 is 10.8. The Morgan fingerprint density at radius 3 is 2.32 bits per heavy atom. The maximum Gasteiger partial charge on any atom is 0.231 e. The number of hydrogen-bond donors (Lipinski definition) is 2. The molecule has 6 heteroatoms. The molecule has 150 valence electrons. The van der Waals surface area contributed by atoms with Gasteiger partial charge >= 0.3 is 0 Å². The van der Waals surface area contributed by atoms with Crippen molar-refractivity contribution in [2.45, 2.75) is 33.5 Å².